The number of unbranched alkanes of at least 4 members (excludes halogenated alkanes) is 27. The maximum absolute atomic E-state index is 2.40. The fourth-order valence-corrected chi connectivity index (χ4v) is 4.85. The van der Waals surface area contributed by atoms with E-state index in [9.17, 15) is 0 Å². The van der Waals surface area contributed by atoms with Gasteiger partial charge in [0.05, 0.1) is 0 Å². The first-order chi connectivity index (χ1) is 16.4. The zero-order valence-electron chi connectivity index (χ0n) is 23.5. The molecule has 0 bridgehead atoms. The van der Waals surface area contributed by atoms with Gasteiger partial charge in [-0.3, -0.25) is 0 Å². The lowest BCUT2D eigenvalue weighted by Gasteiger charge is -2.03. The van der Waals surface area contributed by atoms with Crippen molar-refractivity contribution in [3.8, 4) is 0 Å². The van der Waals surface area contributed by atoms with Gasteiger partial charge in [0.25, 0.3) is 0 Å². The Morgan fingerprint density at radius 3 is 0.909 bits per heavy atom. The Bertz CT molecular complexity index is 342. The highest BCUT2D eigenvalue weighted by atomic mass is 14.0. The van der Waals surface area contributed by atoms with Crippen LogP contribution in [-0.4, -0.2) is 0 Å². The summed E-state index contributed by atoms with van der Waals surface area (Å²) in [6.45, 7) is 4.60. The predicted octanol–water partition coefficient (Wildman–Crippen LogP) is 12.7. The third-order valence-electron chi connectivity index (χ3n) is 7.22. The summed E-state index contributed by atoms with van der Waals surface area (Å²) in [7, 11) is 0. The Kier molecular flexibility index (Phi) is 31.5. The minimum absolute atomic E-state index is 1.28. The average Bonchev–Trinajstić information content (AvgIpc) is 2.83. The van der Waals surface area contributed by atoms with Crippen LogP contribution in [0.1, 0.15) is 194 Å². The molecule has 0 unspecified atom stereocenters. The van der Waals surface area contributed by atoms with Crippen LogP contribution in [0, 0.1) is 6.42 Å². The topological polar surface area (TPSA) is 0 Å². The fourth-order valence-electron chi connectivity index (χ4n) is 4.85. The molecule has 0 saturated carbocycles. The van der Waals surface area contributed by atoms with Crippen molar-refractivity contribution in [2.75, 3.05) is 0 Å². The summed E-state index contributed by atoms with van der Waals surface area (Å²) < 4.78 is 0. The maximum Gasteiger partial charge on any atom is -0.0171 e. The van der Waals surface area contributed by atoms with Crippen LogP contribution < -0.4 is 0 Å². The largest absolute Gasteiger partial charge is 0.0882 e. The average molecular weight is 462 g/mol. The van der Waals surface area contributed by atoms with Gasteiger partial charge < -0.3 is 0 Å². The van der Waals surface area contributed by atoms with Crippen molar-refractivity contribution < 1.29 is 0 Å². The van der Waals surface area contributed by atoms with E-state index in [0.29, 0.717) is 0 Å². The molecule has 0 amide bonds. The Hall–Kier alpha value is -0.260. The lowest BCUT2D eigenvalue weighted by atomic mass is 10.0. The summed E-state index contributed by atoms with van der Waals surface area (Å²) in [5, 5.41) is 0. The first-order valence-corrected chi connectivity index (χ1v) is 15.9. The maximum atomic E-state index is 2.40. The molecule has 0 aromatic carbocycles. The Labute approximate surface area is 212 Å². The second-order valence-corrected chi connectivity index (χ2v) is 10.7. The molecule has 0 N–H and O–H groups in total. The van der Waals surface area contributed by atoms with E-state index < -0.39 is 0 Å². The van der Waals surface area contributed by atoms with Crippen LogP contribution in [0.15, 0.2) is 12.2 Å². The van der Waals surface area contributed by atoms with Crippen LogP contribution in [0.25, 0.3) is 0 Å². The van der Waals surface area contributed by atoms with Crippen LogP contribution in [0.4, 0.5) is 0 Å². The molecule has 0 aliphatic rings. The van der Waals surface area contributed by atoms with E-state index in [1.807, 2.05) is 0 Å². The zero-order valence-corrected chi connectivity index (χ0v) is 23.5. The molecule has 0 spiro atoms. The van der Waals surface area contributed by atoms with Gasteiger partial charge in [-0.15, -0.1) is 0 Å². The SMILES string of the molecule is CCCCCCCCCCCCCCC=C[CH]CCCCCCCCCCCCCCCC. The normalized spacial score (nSPS) is 11.7. The van der Waals surface area contributed by atoms with Gasteiger partial charge in [0.15, 0.2) is 0 Å². The summed E-state index contributed by atoms with van der Waals surface area (Å²) in [6.07, 6.45) is 47.4. The standard InChI is InChI=1S/C33H65/c1-3-5-7-9-11-13-15-17-19-21-23-25-27-29-31-33-32-30-28-26-24-22-20-18-16-14-12-10-8-6-4-2/h29,31,33H,3-28,30,32H2,1-2H3. The molecule has 0 fully saturated rings. The van der Waals surface area contributed by atoms with Gasteiger partial charge in [-0.1, -0.05) is 187 Å². The first-order valence-electron chi connectivity index (χ1n) is 15.9. The van der Waals surface area contributed by atoms with Crippen molar-refractivity contribution >= 4 is 0 Å². The van der Waals surface area contributed by atoms with Gasteiger partial charge in [0.2, 0.25) is 0 Å². The molecule has 0 aliphatic heterocycles. The molecular formula is C33H65. The molecule has 0 atom stereocenters. The third-order valence-corrected chi connectivity index (χ3v) is 7.22. The van der Waals surface area contributed by atoms with Crippen LogP contribution in [0.2, 0.25) is 0 Å². The Balaban J connectivity index is 3.06. The molecule has 0 aliphatic carbocycles. The molecule has 0 rings (SSSR count). The van der Waals surface area contributed by atoms with Crippen LogP contribution in [-0.2, 0) is 0 Å². The second kappa shape index (κ2) is 31.7. The van der Waals surface area contributed by atoms with E-state index in [1.54, 1.807) is 0 Å². The molecule has 197 valence electrons. The monoisotopic (exact) mass is 462 g/mol. The van der Waals surface area contributed by atoms with E-state index in [2.05, 4.69) is 32.4 Å². The highest BCUT2D eigenvalue weighted by molar-refractivity contribution is 4.94. The van der Waals surface area contributed by atoms with E-state index in [-0.39, 0.29) is 0 Å². The number of allylic oxidation sites excluding steroid dienone is 2. The van der Waals surface area contributed by atoms with E-state index in [1.165, 1.54) is 180 Å². The molecule has 33 heavy (non-hydrogen) atoms. The summed E-state index contributed by atoms with van der Waals surface area (Å²) in [5.74, 6) is 0. The Morgan fingerprint density at radius 1 is 0.303 bits per heavy atom. The minimum atomic E-state index is 1.28. The van der Waals surface area contributed by atoms with Crippen LogP contribution in [0.5, 0.6) is 0 Å². The Morgan fingerprint density at radius 2 is 0.576 bits per heavy atom. The van der Waals surface area contributed by atoms with Crippen molar-refractivity contribution in [3.05, 3.63) is 18.6 Å². The summed E-state index contributed by atoms with van der Waals surface area (Å²) in [4.78, 5) is 0. The molecule has 0 saturated heterocycles. The highest BCUT2D eigenvalue weighted by Gasteiger charge is 1.95. The van der Waals surface area contributed by atoms with Crippen molar-refractivity contribution in [2.45, 2.75) is 194 Å². The van der Waals surface area contributed by atoms with Gasteiger partial charge in [-0.25, -0.2) is 0 Å². The smallest absolute Gasteiger partial charge is 0.0171 e. The second-order valence-electron chi connectivity index (χ2n) is 10.7. The number of rotatable bonds is 29. The molecule has 0 aromatic rings. The molecule has 0 nitrogen and oxygen atoms in total. The van der Waals surface area contributed by atoms with E-state index in [4.69, 9.17) is 0 Å². The number of hydrogen-bond acceptors (Lipinski definition) is 0. The lowest BCUT2D eigenvalue weighted by molar-refractivity contribution is 0.535. The summed E-state index contributed by atoms with van der Waals surface area (Å²) in [5.41, 5.74) is 0. The minimum Gasteiger partial charge on any atom is -0.0882 e. The molecule has 0 heterocycles. The van der Waals surface area contributed by atoms with E-state index in [0.717, 1.165) is 0 Å². The first kappa shape index (κ1) is 32.7. The third kappa shape index (κ3) is 31.7. The lowest BCUT2D eigenvalue weighted by Crippen LogP contribution is -1.83. The van der Waals surface area contributed by atoms with E-state index >= 15 is 0 Å². The molecule has 1 radical (unpaired) electrons. The van der Waals surface area contributed by atoms with Gasteiger partial charge in [-0.05, 0) is 25.7 Å². The van der Waals surface area contributed by atoms with Crippen LogP contribution >= 0.6 is 0 Å². The number of hydrogen-bond donors (Lipinski definition) is 0. The highest BCUT2D eigenvalue weighted by Crippen LogP contribution is 2.15. The van der Waals surface area contributed by atoms with Gasteiger partial charge in [0, 0.05) is 0 Å². The van der Waals surface area contributed by atoms with Crippen LogP contribution in [0.3, 0.4) is 0 Å². The van der Waals surface area contributed by atoms with Crippen molar-refractivity contribution in [3.63, 3.8) is 0 Å². The summed E-state index contributed by atoms with van der Waals surface area (Å²) in [6, 6.07) is 0. The fraction of sp³-hybridized carbons (Fsp3) is 0.909. The quantitative estimate of drug-likeness (QED) is 0.0971. The van der Waals surface area contributed by atoms with Crippen molar-refractivity contribution in [1.29, 1.82) is 0 Å². The van der Waals surface area contributed by atoms with Gasteiger partial charge >= 0.3 is 0 Å². The van der Waals surface area contributed by atoms with Crippen molar-refractivity contribution in [1.82, 2.24) is 0 Å². The molecule has 0 heteroatoms. The zero-order chi connectivity index (χ0) is 23.9. The molecule has 0 aromatic heterocycles. The summed E-state index contributed by atoms with van der Waals surface area (Å²) >= 11 is 0. The van der Waals surface area contributed by atoms with Gasteiger partial charge in [-0.2, -0.15) is 0 Å². The predicted molar refractivity (Wildman–Crippen MR) is 154 cm³/mol. The molecular weight excluding hydrogens is 396 g/mol. The van der Waals surface area contributed by atoms with Crippen molar-refractivity contribution in [2.24, 2.45) is 0 Å². The van der Waals surface area contributed by atoms with Gasteiger partial charge in [0.1, 0.15) is 0 Å².